The van der Waals surface area contributed by atoms with E-state index in [2.05, 4.69) is 36.2 Å². The molecular weight excluding hydrogens is 364 g/mol. The van der Waals surface area contributed by atoms with E-state index < -0.39 is 11.9 Å². The summed E-state index contributed by atoms with van der Waals surface area (Å²) >= 11 is 0. The van der Waals surface area contributed by atoms with E-state index in [1.807, 2.05) is 11.0 Å². The minimum atomic E-state index is -1.82. The number of likely N-dealkylation sites (tertiary alicyclic amines) is 1. The van der Waals surface area contributed by atoms with Gasteiger partial charge in [-0.2, -0.15) is 0 Å². The van der Waals surface area contributed by atoms with Gasteiger partial charge in [0.25, 0.3) is 5.91 Å². The summed E-state index contributed by atoms with van der Waals surface area (Å²) in [5.41, 5.74) is 1.33. The van der Waals surface area contributed by atoms with Crippen LogP contribution in [0.2, 0.25) is 0 Å². The highest BCUT2D eigenvalue weighted by atomic mass is 16.4. The van der Waals surface area contributed by atoms with Gasteiger partial charge >= 0.3 is 11.9 Å². The fourth-order valence-electron chi connectivity index (χ4n) is 3.07. The van der Waals surface area contributed by atoms with E-state index >= 15 is 0 Å². The number of nitrogens with zero attached hydrogens (tertiary/aromatic N) is 2. The Labute approximate surface area is 163 Å². The molecule has 0 atom stereocenters. The first-order valence-corrected chi connectivity index (χ1v) is 8.91. The maximum Gasteiger partial charge on any atom is 0.414 e. The third kappa shape index (κ3) is 6.24. The van der Waals surface area contributed by atoms with Gasteiger partial charge < -0.3 is 19.5 Å². The van der Waals surface area contributed by atoms with Gasteiger partial charge in [-0.05, 0) is 37.6 Å². The Morgan fingerprint density at radius 3 is 2.14 bits per heavy atom. The van der Waals surface area contributed by atoms with Gasteiger partial charge in [-0.15, -0.1) is 0 Å². The zero-order valence-electron chi connectivity index (χ0n) is 15.7. The summed E-state index contributed by atoms with van der Waals surface area (Å²) < 4.78 is 5.20. The molecule has 0 aliphatic carbocycles. The van der Waals surface area contributed by atoms with Crippen LogP contribution >= 0.6 is 0 Å². The molecule has 1 saturated heterocycles. The van der Waals surface area contributed by atoms with Crippen LogP contribution in [0.3, 0.4) is 0 Å². The van der Waals surface area contributed by atoms with Gasteiger partial charge in [0.05, 0.1) is 6.26 Å². The summed E-state index contributed by atoms with van der Waals surface area (Å²) in [5.74, 6) is -3.20. The molecule has 8 nitrogen and oxygen atoms in total. The van der Waals surface area contributed by atoms with Crippen molar-refractivity contribution < 1.29 is 29.0 Å². The third-order valence-electron chi connectivity index (χ3n) is 4.56. The molecule has 0 unspecified atom stereocenters. The van der Waals surface area contributed by atoms with Crippen molar-refractivity contribution in [2.45, 2.75) is 25.4 Å². The predicted molar refractivity (Wildman–Crippen MR) is 101 cm³/mol. The standard InChI is InChI=1S/C18H22N2O2.C2H2O4/c1-19(14-15-6-3-2-4-7-15)16-9-11-20(12-10-16)18(21)17-8-5-13-22-17;3-1(4)2(5)6/h2-8,13,16H,9-12,14H2,1H3;(H,3,4)(H,5,6). The lowest BCUT2D eigenvalue weighted by Crippen LogP contribution is -2.45. The molecule has 1 amide bonds. The average Bonchev–Trinajstić information content (AvgIpc) is 3.23. The molecule has 1 aliphatic rings. The number of carboxylic acids is 2. The topological polar surface area (TPSA) is 111 Å². The van der Waals surface area contributed by atoms with Gasteiger partial charge in [0.2, 0.25) is 0 Å². The molecule has 150 valence electrons. The van der Waals surface area contributed by atoms with Crippen molar-refractivity contribution in [2.24, 2.45) is 0 Å². The summed E-state index contributed by atoms with van der Waals surface area (Å²) in [4.78, 5) is 34.7. The van der Waals surface area contributed by atoms with Crippen molar-refractivity contribution in [3.63, 3.8) is 0 Å². The van der Waals surface area contributed by atoms with E-state index in [1.165, 1.54) is 5.56 Å². The molecule has 1 aliphatic heterocycles. The molecule has 1 fully saturated rings. The zero-order valence-corrected chi connectivity index (χ0v) is 15.7. The van der Waals surface area contributed by atoms with E-state index in [0.717, 1.165) is 32.5 Å². The van der Waals surface area contributed by atoms with Crippen LogP contribution in [-0.4, -0.2) is 64.0 Å². The Kier molecular flexibility index (Phi) is 7.76. The second-order valence-corrected chi connectivity index (χ2v) is 6.51. The molecule has 1 aromatic heterocycles. The van der Waals surface area contributed by atoms with Crippen LogP contribution in [-0.2, 0) is 16.1 Å². The third-order valence-corrected chi connectivity index (χ3v) is 4.56. The first kappa shape index (κ1) is 21.2. The van der Waals surface area contributed by atoms with Crippen molar-refractivity contribution in [1.82, 2.24) is 9.80 Å². The summed E-state index contributed by atoms with van der Waals surface area (Å²) in [6, 6.07) is 14.5. The summed E-state index contributed by atoms with van der Waals surface area (Å²) in [5, 5.41) is 14.8. The molecule has 2 heterocycles. The molecule has 28 heavy (non-hydrogen) atoms. The fraction of sp³-hybridized carbons (Fsp3) is 0.350. The number of aliphatic carboxylic acids is 2. The number of hydrogen-bond acceptors (Lipinski definition) is 5. The number of benzene rings is 1. The van der Waals surface area contributed by atoms with E-state index in [4.69, 9.17) is 24.2 Å². The lowest BCUT2D eigenvalue weighted by Gasteiger charge is -2.36. The molecule has 0 radical (unpaired) electrons. The van der Waals surface area contributed by atoms with Gasteiger partial charge in [0.1, 0.15) is 0 Å². The van der Waals surface area contributed by atoms with Crippen molar-refractivity contribution in [2.75, 3.05) is 20.1 Å². The summed E-state index contributed by atoms with van der Waals surface area (Å²) in [6.45, 7) is 2.55. The number of rotatable bonds is 4. The Balaban J connectivity index is 0.000000409. The molecule has 2 aromatic rings. The molecule has 1 aromatic carbocycles. The van der Waals surface area contributed by atoms with Crippen LogP contribution in [0.15, 0.2) is 53.1 Å². The number of furan rings is 1. The van der Waals surface area contributed by atoms with Gasteiger partial charge in [-0.25, -0.2) is 9.59 Å². The molecule has 8 heteroatoms. The highest BCUT2D eigenvalue weighted by Crippen LogP contribution is 2.19. The zero-order chi connectivity index (χ0) is 20.5. The SMILES string of the molecule is CN(Cc1ccccc1)C1CCN(C(=O)c2ccco2)CC1.O=C(O)C(=O)O. The fourth-order valence-corrected chi connectivity index (χ4v) is 3.07. The molecule has 2 N–H and O–H groups in total. The first-order valence-electron chi connectivity index (χ1n) is 8.91. The van der Waals surface area contributed by atoms with Crippen molar-refractivity contribution >= 4 is 17.8 Å². The normalized spacial score (nSPS) is 14.3. The number of piperidine rings is 1. The maximum absolute atomic E-state index is 12.2. The van der Waals surface area contributed by atoms with Crippen LogP contribution in [0.25, 0.3) is 0 Å². The van der Waals surface area contributed by atoms with E-state index in [-0.39, 0.29) is 5.91 Å². The number of hydrogen-bond donors (Lipinski definition) is 2. The average molecular weight is 388 g/mol. The predicted octanol–water partition coefficient (Wildman–Crippen LogP) is 2.17. The quantitative estimate of drug-likeness (QED) is 0.772. The van der Waals surface area contributed by atoms with Crippen molar-refractivity contribution in [3.05, 3.63) is 60.1 Å². The van der Waals surface area contributed by atoms with Crippen LogP contribution in [0.4, 0.5) is 0 Å². The maximum atomic E-state index is 12.2. The van der Waals surface area contributed by atoms with Crippen LogP contribution < -0.4 is 0 Å². The number of carbonyl (C=O) groups excluding carboxylic acids is 1. The number of carboxylic acid groups (broad SMARTS) is 2. The van der Waals surface area contributed by atoms with E-state index in [0.29, 0.717) is 11.8 Å². The van der Waals surface area contributed by atoms with Crippen molar-refractivity contribution in [1.29, 1.82) is 0 Å². The Morgan fingerprint density at radius 1 is 1.04 bits per heavy atom. The van der Waals surface area contributed by atoms with Crippen molar-refractivity contribution in [3.8, 4) is 0 Å². The lowest BCUT2D eigenvalue weighted by atomic mass is 10.0. The number of amides is 1. The number of carbonyl (C=O) groups is 3. The molecule has 3 rings (SSSR count). The van der Waals surface area contributed by atoms with Gasteiger partial charge in [0.15, 0.2) is 5.76 Å². The highest BCUT2D eigenvalue weighted by Gasteiger charge is 2.26. The smallest absolute Gasteiger partial charge is 0.414 e. The lowest BCUT2D eigenvalue weighted by molar-refractivity contribution is -0.159. The van der Waals surface area contributed by atoms with Crippen LogP contribution in [0, 0.1) is 0 Å². The molecule has 0 saturated carbocycles. The second kappa shape index (κ2) is 10.3. The summed E-state index contributed by atoms with van der Waals surface area (Å²) in [6.07, 6.45) is 3.57. The highest BCUT2D eigenvalue weighted by molar-refractivity contribution is 6.27. The Bertz CT molecular complexity index is 755. The van der Waals surface area contributed by atoms with Gasteiger partial charge in [-0.3, -0.25) is 9.69 Å². The minimum absolute atomic E-state index is 0.00848. The van der Waals surface area contributed by atoms with E-state index in [1.54, 1.807) is 18.4 Å². The monoisotopic (exact) mass is 388 g/mol. The first-order chi connectivity index (χ1) is 13.4. The largest absolute Gasteiger partial charge is 0.473 e. The molecule has 0 spiro atoms. The van der Waals surface area contributed by atoms with Crippen LogP contribution in [0.1, 0.15) is 29.0 Å². The molecular formula is C20H24N2O6. The second-order valence-electron chi connectivity index (χ2n) is 6.51. The Morgan fingerprint density at radius 2 is 1.64 bits per heavy atom. The molecule has 0 bridgehead atoms. The van der Waals surface area contributed by atoms with Gasteiger partial charge in [0, 0.05) is 25.7 Å². The van der Waals surface area contributed by atoms with Crippen LogP contribution in [0.5, 0.6) is 0 Å². The summed E-state index contributed by atoms with van der Waals surface area (Å²) in [7, 11) is 2.17. The minimum Gasteiger partial charge on any atom is -0.473 e. The Hall–Kier alpha value is -3.13. The van der Waals surface area contributed by atoms with E-state index in [9.17, 15) is 4.79 Å². The van der Waals surface area contributed by atoms with Gasteiger partial charge in [-0.1, -0.05) is 30.3 Å².